The van der Waals surface area contributed by atoms with Gasteiger partial charge in [-0.2, -0.15) is 18.3 Å². The first-order chi connectivity index (χ1) is 10.0. The second-order valence-corrected chi connectivity index (χ2v) is 5.32. The van der Waals surface area contributed by atoms with Crippen molar-refractivity contribution in [2.75, 3.05) is 6.54 Å². The summed E-state index contributed by atoms with van der Waals surface area (Å²) >= 11 is 0. The van der Waals surface area contributed by atoms with Crippen LogP contribution in [0.3, 0.4) is 0 Å². The summed E-state index contributed by atoms with van der Waals surface area (Å²) in [4.78, 5) is 0. The molecule has 1 aliphatic rings. The summed E-state index contributed by atoms with van der Waals surface area (Å²) < 4.78 is 39.4. The van der Waals surface area contributed by atoms with Crippen molar-refractivity contribution in [1.29, 1.82) is 0 Å². The number of nitrogens with one attached hydrogen (secondary N) is 1. The van der Waals surface area contributed by atoms with E-state index < -0.39 is 11.7 Å². The smallest absolute Gasteiger partial charge is 0.312 e. The van der Waals surface area contributed by atoms with Gasteiger partial charge in [0.15, 0.2) is 0 Å². The van der Waals surface area contributed by atoms with Crippen molar-refractivity contribution in [1.82, 2.24) is 15.1 Å². The number of alkyl halides is 3. The van der Waals surface area contributed by atoms with Crippen molar-refractivity contribution in [3.05, 3.63) is 42.2 Å². The van der Waals surface area contributed by atoms with E-state index in [2.05, 4.69) is 10.4 Å². The fourth-order valence-electron chi connectivity index (χ4n) is 2.60. The Bertz CT molecular complexity index is 595. The van der Waals surface area contributed by atoms with Crippen molar-refractivity contribution >= 4 is 0 Å². The fourth-order valence-corrected chi connectivity index (χ4v) is 2.60. The summed E-state index contributed by atoms with van der Waals surface area (Å²) in [5.74, 6) is 0. The third-order valence-electron chi connectivity index (χ3n) is 3.75. The molecule has 1 aromatic heterocycles. The summed E-state index contributed by atoms with van der Waals surface area (Å²) in [6, 6.07) is 5.61. The molecule has 1 aliphatic heterocycles. The number of benzene rings is 1. The lowest BCUT2D eigenvalue weighted by Gasteiger charge is -2.09. The third-order valence-corrected chi connectivity index (χ3v) is 3.75. The maximum atomic E-state index is 12.5. The molecule has 0 amide bonds. The predicted molar refractivity (Wildman–Crippen MR) is 73.7 cm³/mol. The Labute approximate surface area is 120 Å². The van der Waals surface area contributed by atoms with Crippen LogP contribution in [0.15, 0.2) is 36.7 Å². The first-order valence-electron chi connectivity index (χ1n) is 6.96. The van der Waals surface area contributed by atoms with Crippen LogP contribution in [0.4, 0.5) is 13.2 Å². The lowest BCUT2D eigenvalue weighted by molar-refractivity contribution is -0.137. The molecule has 0 radical (unpaired) electrons. The molecule has 112 valence electrons. The van der Waals surface area contributed by atoms with Crippen molar-refractivity contribution < 1.29 is 13.2 Å². The van der Waals surface area contributed by atoms with E-state index in [-0.39, 0.29) is 0 Å². The molecule has 0 aliphatic carbocycles. The van der Waals surface area contributed by atoms with E-state index in [0.29, 0.717) is 6.04 Å². The minimum Gasteiger partial charge on any atom is -0.312 e. The van der Waals surface area contributed by atoms with Gasteiger partial charge < -0.3 is 5.32 Å². The molecule has 1 atom stereocenters. The van der Waals surface area contributed by atoms with Crippen molar-refractivity contribution in [3.8, 4) is 11.1 Å². The van der Waals surface area contributed by atoms with Crippen LogP contribution in [0.2, 0.25) is 0 Å². The Kier molecular flexibility index (Phi) is 3.71. The van der Waals surface area contributed by atoms with E-state index in [4.69, 9.17) is 0 Å². The van der Waals surface area contributed by atoms with E-state index in [9.17, 15) is 13.2 Å². The van der Waals surface area contributed by atoms with Gasteiger partial charge in [-0.3, -0.25) is 4.68 Å². The molecule has 1 N–H and O–H groups in total. The van der Waals surface area contributed by atoms with Crippen LogP contribution in [0.1, 0.15) is 18.4 Å². The number of hydrogen-bond acceptors (Lipinski definition) is 2. The van der Waals surface area contributed by atoms with Crippen molar-refractivity contribution in [2.45, 2.75) is 31.6 Å². The molecule has 0 bridgehead atoms. The van der Waals surface area contributed by atoms with Crippen LogP contribution in [-0.2, 0) is 12.7 Å². The molecule has 2 heterocycles. The maximum Gasteiger partial charge on any atom is 0.416 e. The summed E-state index contributed by atoms with van der Waals surface area (Å²) in [7, 11) is 0. The van der Waals surface area contributed by atoms with E-state index in [1.807, 2.05) is 10.9 Å². The van der Waals surface area contributed by atoms with Crippen molar-refractivity contribution in [3.63, 3.8) is 0 Å². The molecule has 6 heteroatoms. The van der Waals surface area contributed by atoms with E-state index in [1.165, 1.54) is 18.6 Å². The van der Waals surface area contributed by atoms with Gasteiger partial charge in [0.25, 0.3) is 0 Å². The number of rotatable bonds is 3. The third kappa shape index (κ3) is 3.26. The average Bonchev–Trinajstić information content (AvgIpc) is 3.10. The second kappa shape index (κ2) is 5.52. The molecule has 0 saturated carbocycles. The first kappa shape index (κ1) is 14.1. The minimum atomic E-state index is -4.29. The van der Waals surface area contributed by atoms with Gasteiger partial charge in [-0.1, -0.05) is 12.1 Å². The largest absolute Gasteiger partial charge is 0.416 e. The SMILES string of the molecule is FC(F)(F)c1ccc(-c2cnn(C[C@@H]3CCCN3)c2)cc1. The molecular formula is C15H16F3N3. The Hall–Kier alpha value is -1.82. The molecule has 0 spiro atoms. The molecule has 3 nitrogen and oxygen atoms in total. The zero-order valence-electron chi connectivity index (χ0n) is 11.4. The van der Waals surface area contributed by atoms with Crippen molar-refractivity contribution in [2.24, 2.45) is 0 Å². The van der Waals surface area contributed by atoms with Gasteiger partial charge in [-0.15, -0.1) is 0 Å². The summed E-state index contributed by atoms with van der Waals surface area (Å²) in [5, 5.41) is 7.67. The monoisotopic (exact) mass is 295 g/mol. The zero-order chi connectivity index (χ0) is 14.9. The van der Waals surface area contributed by atoms with Crippen LogP contribution in [0.5, 0.6) is 0 Å². The van der Waals surface area contributed by atoms with E-state index in [1.54, 1.807) is 6.20 Å². The van der Waals surface area contributed by atoms with E-state index in [0.717, 1.165) is 42.8 Å². The molecular weight excluding hydrogens is 279 g/mol. The van der Waals surface area contributed by atoms with Gasteiger partial charge in [0, 0.05) is 17.8 Å². The Morgan fingerprint density at radius 2 is 1.95 bits per heavy atom. The maximum absolute atomic E-state index is 12.5. The predicted octanol–water partition coefficient (Wildman–Crippen LogP) is 3.32. The second-order valence-electron chi connectivity index (χ2n) is 5.32. The van der Waals surface area contributed by atoms with Gasteiger partial charge in [-0.05, 0) is 37.1 Å². The number of hydrogen-bond donors (Lipinski definition) is 1. The van der Waals surface area contributed by atoms with Gasteiger partial charge in [0.1, 0.15) is 0 Å². The van der Waals surface area contributed by atoms with E-state index >= 15 is 0 Å². The summed E-state index contributed by atoms with van der Waals surface area (Å²) in [6.07, 6.45) is 1.59. The minimum absolute atomic E-state index is 0.436. The number of halogens is 3. The van der Waals surface area contributed by atoms with Crippen LogP contribution >= 0.6 is 0 Å². The normalized spacial score (nSPS) is 19.1. The summed E-state index contributed by atoms with van der Waals surface area (Å²) in [6.45, 7) is 1.83. The Balaban J connectivity index is 1.73. The number of aromatic nitrogens is 2. The van der Waals surface area contributed by atoms with Gasteiger partial charge in [0.05, 0.1) is 18.3 Å². The highest BCUT2D eigenvalue weighted by Gasteiger charge is 2.30. The fraction of sp³-hybridized carbons (Fsp3) is 0.400. The molecule has 1 aromatic carbocycles. The van der Waals surface area contributed by atoms with Crippen LogP contribution < -0.4 is 5.32 Å². The lowest BCUT2D eigenvalue weighted by atomic mass is 10.1. The lowest BCUT2D eigenvalue weighted by Crippen LogP contribution is -2.26. The van der Waals surface area contributed by atoms with Gasteiger partial charge >= 0.3 is 6.18 Å². The molecule has 2 aromatic rings. The van der Waals surface area contributed by atoms with Gasteiger partial charge in [-0.25, -0.2) is 0 Å². The molecule has 0 unspecified atom stereocenters. The van der Waals surface area contributed by atoms with Crippen LogP contribution in [-0.4, -0.2) is 22.4 Å². The number of nitrogens with zero attached hydrogens (tertiary/aromatic N) is 2. The topological polar surface area (TPSA) is 29.9 Å². The molecule has 1 saturated heterocycles. The summed E-state index contributed by atoms with van der Waals surface area (Å²) in [5.41, 5.74) is 0.948. The standard InChI is InChI=1S/C15H16F3N3/c16-15(17,18)13-5-3-11(4-6-13)12-8-20-21(9-12)10-14-2-1-7-19-14/h3-6,8-9,14,19H,1-2,7,10H2/t14-/m0/s1. The molecule has 1 fully saturated rings. The molecule has 21 heavy (non-hydrogen) atoms. The zero-order valence-corrected chi connectivity index (χ0v) is 11.4. The average molecular weight is 295 g/mol. The quantitative estimate of drug-likeness (QED) is 0.941. The Morgan fingerprint density at radius 1 is 1.19 bits per heavy atom. The highest BCUT2D eigenvalue weighted by atomic mass is 19.4. The first-order valence-corrected chi connectivity index (χ1v) is 6.96. The highest BCUT2D eigenvalue weighted by molar-refractivity contribution is 5.62. The van der Waals surface area contributed by atoms with Crippen LogP contribution in [0, 0.1) is 0 Å². The molecule has 3 rings (SSSR count). The Morgan fingerprint density at radius 3 is 2.57 bits per heavy atom. The van der Waals surface area contributed by atoms with Gasteiger partial charge in [0.2, 0.25) is 0 Å². The van der Waals surface area contributed by atoms with Crippen LogP contribution in [0.25, 0.3) is 11.1 Å². The highest BCUT2D eigenvalue weighted by Crippen LogP contribution is 2.30.